The van der Waals surface area contributed by atoms with Gasteiger partial charge in [-0.25, -0.2) is 0 Å². The summed E-state index contributed by atoms with van der Waals surface area (Å²) in [6.45, 7) is 0.219. The summed E-state index contributed by atoms with van der Waals surface area (Å²) in [4.78, 5) is 0. The quantitative estimate of drug-likeness (QED) is 0.900. The van der Waals surface area contributed by atoms with Crippen molar-refractivity contribution in [3.63, 3.8) is 0 Å². The lowest BCUT2D eigenvalue weighted by Gasteiger charge is -2.06. The minimum atomic E-state index is -4.12. The fraction of sp³-hybridized carbons (Fsp3) is 0.364. The Morgan fingerprint density at radius 1 is 1.24 bits per heavy atom. The molecule has 0 fully saturated rings. The molecule has 2 rings (SSSR count). The molecule has 0 aliphatic rings. The van der Waals surface area contributed by atoms with Gasteiger partial charge >= 0.3 is 6.18 Å². The second kappa shape index (κ2) is 4.27. The van der Waals surface area contributed by atoms with E-state index < -0.39 is 12.6 Å². The number of rotatable bonds is 3. The first-order valence-corrected chi connectivity index (χ1v) is 5.25. The van der Waals surface area contributed by atoms with Crippen molar-refractivity contribution in [1.29, 1.82) is 0 Å². The number of fused-ring (bicyclic) bond motifs is 1. The molecule has 92 valence electrons. The van der Waals surface area contributed by atoms with Gasteiger partial charge < -0.3 is 5.73 Å². The van der Waals surface area contributed by atoms with Gasteiger partial charge in [0.25, 0.3) is 0 Å². The van der Waals surface area contributed by atoms with Crippen molar-refractivity contribution < 1.29 is 13.2 Å². The summed E-state index contributed by atoms with van der Waals surface area (Å²) in [6.07, 6.45) is -4.91. The topological polar surface area (TPSA) is 43.8 Å². The molecule has 3 nitrogen and oxygen atoms in total. The minimum absolute atomic E-state index is 0.00855. The van der Waals surface area contributed by atoms with E-state index in [4.69, 9.17) is 5.73 Å². The molecular weight excluding hydrogens is 231 g/mol. The highest BCUT2D eigenvalue weighted by Gasteiger charge is 2.26. The molecule has 0 unspecified atom stereocenters. The third-order valence-electron chi connectivity index (χ3n) is 2.52. The second-order valence-corrected chi connectivity index (χ2v) is 3.84. The Morgan fingerprint density at radius 2 is 1.94 bits per heavy atom. The van der Waals surface area contributed by atoms with Gasteiger partial charge in [-0.15, -0.1) is 0 Å². The number of aromatic nitrogens is 2. The van der Waals surface area contributed by atoms with Gasteiger partial charge in [0, 0.05) is 18.4 Å². The highest BCUT2D eigenvalue weighted by atomic mass is 19.4. The molecule has 0 amide bonds. The van der Waals surface area contributed by atoms with Crippen LogP contribution in [-0.4, -0.2) is 16.0 Å². The van der Waals surface area contributed by atoms with E-state index in [0.717, 1.165) is 10.9 Å². The van der Waals surface area contributed by atoms with Gasteiger partial charge in [-0.1, -0.05) is 12.1 Å². The highest BCUT2D eigenvalue weighted by molar-refractivity contribution is 5.88. The van der Waals surface area contributed by atoms with Crippen LogP contribution < -0.4 is 5.73 Å². The summed E-state index contributed by atoms with van der Waals surface area (Å²) >= 11 is 0. The summed E-state index contributed by atoms with van der Waals surface area (Å²) in [5.41, 5.74) is 6.45. The first kappa shape index (κ1) is 11.8. The summed E-state index contributed by atoms with van der Waals surface area (Å²) in [7, 11) is 0. The van der Waals surface area contributed by atoms with Crippen LogP contribution in [0.1, 0.15) is 12.8 Å². The Balaban J connectivity index is 2.14. The number of hydrogen-bond donors (Lipinski definition) is 1. The molecule has 17 heavy (non-hydrogen) atoms. The maximum atomic E-state index is 12.0. The molecule has 2 N–H and O–H groups in total. The van der Waals surface area contributed by atoms with Crippen LogP contribution in [0.2, 0.25) is 0 Å². The van der Waals surface area contributed by atoms with Gasteiger partial charge in [0.1, 0.15) is 0 Å². The number of anilines is 1. The Kier molecular flexibility index (Phi) is 2.95. The lowest BCUT2D eigenvalue weighted by atomic mass is 10.2. The number of hydrogen-bond acceptors (Lipinski definition) is 2. The van der Waals surface area contributed by atoms with Crippen LogP contribution in [0.5, 0.6) is 0 Å². The third-order valence-corrected chi connectivity index (χ3v) is 2.52. The molecule has 1 aromatic carbocycles. The van der Waals surface area contributed by atoms with E-state index in [1.165, 1.54) is 4.68 Å². The summed E-state index contributed by atoms with van der Waals surface area (Å²) in [5, 5.41) is 4.81. The summed E-state index contributed by atoms with van der Waals surface area (Å²) in [5.74, 6) is 0.354. The molecule has 1 heterocycles. The largest absolute Gasteiger partial charge is 0.389 e. The number of aryl methyl sites for hydroxylation is 1. The van der Waals surface area contributed by atoms with Crippen molar-refractivity contribution in [2.24, 2.45) is 0 Å². The first-order chi connectivity index (χ1) is 7.97. The van der Waals surface area contributed by atoms with Crippen LogP contribution in [0, 0.1) is 0 Å². The number of para-hydroxylation sites is 1. The van der Waals surface area contributed by atoms with Crippen molar-refractivity contribution >= 4 is 16.7 Å². The fourth-order valence-electron chi connectivity index (χ4n) is 1.75. The number of nitrogen functional groups attached to an aromatic ring is 1. The van der Waals surface area contributed by atoms with Crippen LogP contribution in [0.4, 0.5) is 19.0 Å². The fourth-order valence-corrected chi connectivity index (χ4v) is 1.75. The molecule has 6 heteroatoms. The van der Waals surface area contributed by atoms with E-state index in [2.05, 4.69) is 5.10 Å². The van der Waals surface area contributed by atoms with Crippen molar-refractivity contribution in [1.82, 2.24) is 9.78 Å². The zero-order valence-electron chi connectivity index (χ0n) is 9.04. The van der Waals surface area contributed by atoms with E-state index >= 15 is 0 Å². The number of benzene rings is 1. The minimum Gasteiger partial charge on any atom is -0.382 e. The molecule has 0 saturated carbocycles. The van der Waals surface area contributed by atoms with E-state index in [0.29, 0.717) is 5.82 Å². The Morgan fingerprint density at radius 3 is 2.65 bits per heavy atom. The van der Waals surface area contributed by atoms with Crippen LogP contribution in [-0.2, 0) is 6.54 Å². The van der Waals surface area contributed by atoms with E-state index in [9.17, 15) is 13.2 Å². The first-order valence-electron chi connectivity index (χ1n) is 5.25. The van der Waals surface area contributed by atoms with Gasteiger partial charge in [0.15, 0.2) is 5.82 Å². The molecule has 0 radical (unpaired) electrons. The lowest BCUT2D eigenvalue weighted by molar-refractivity contribution is -0.135. The molecule has 0 aliphatic heterocycles. The van der Waals surface area contributed by atoms with Crippen molar-refractivity contribution in [3.05, 3.63) is 24.3 Å². The van der Waals surface area contributed by atoms with E-state index in [-0.39, 0.29) is 13.0 Å². The molecule has 0 aliphatic carbocycles. The van der Waals surface area contributed by atoms with Gasteiger partial charge in [-0.05, 0) is 18.6 Å². The zero-order chi connectivity index (χ0) is 12.5. The molecule has 0 bridgehead atoms. The average molecular weight is 243 g/mol. The summed E-state index contributed by atoms with van der Waals surface area (Å²) in [6, 6.07) is 7.23. The Labute approximate surface area is 96.0 Å². The van der Waals surface area contributed by atoms with Crippen molar-refractivity contribution in [2.45, 2.75) is 25.6 Å². The Hall–Kier alpha value is -1.72. The molecule has 0 spiro atoms. The molecule has 0 atom stereocenters. The predicted molar refractivity (Wildman–Crippen MR) is 59.4 cm³/mol. The highest BCUT2D eigenvalue weighted by Crippen LogP contribution is 2.24. The van der Waals surface area contributed by atoms with Gasteiger partial charge in [0.2, 0.25) is 0 Å². The average Bonchev–Trinajstić information content (AvgIpc) is 2.55. The number of nitrogens with two attached hydrogens (primary N) is 1. The lowest BCUT2D eigenvalue weighted by Crippen LogP contribution is -2.10. The third kappa shape index (κ3) is 2.69. The normalized spacial score (nSPS) is 12.2. The van der Waals surface area contributed by atoms with Gasteiger partial charge in [0.05, 0.1) is 5.52 Å². The second-order valence-electron chi connectivity index (χ2n) is 3.84. The van der Waals surface area contributed by atoms with Crippen LogP contribution in [0.25, 0.3) is 10.9 Å². The molecule has 0 saturated heterocycles. The van der Waals surface area contributed by atoms with Crippen molar-refractivity contribution in [3.8, 4) is 0 Å². The van der Waals surface area contributed by atoms with Crippen LogP contribution in [0.3, 0.4) is 0 Å². The standard InChI is InChI=1S/C11H12F3N3/c12-11(13,14)6-3-7-17-9-5-2-1-4-8(9)10(15)16-17/h1-2,4-5H,3,6-7H2,(H2,15,16). The monoisotopic (exact) mass is 243 g/mol. The number of nitrogens with zero attached hydrogens (tertiary/aromatic N) is 2. The van der Waals surface area contributed by atoms with E-state index in [1.54, 1.807) is 12.1 Å². The molecular formula is C11H12F3N3. The predicted octanol–water partition coefficient (Wildman–Crippen LogP) is 2.96. The van der Waals surface area contributed by atoms with Crippen molar-refractivity contribution in [2.75, 3.05) is 5.73 Å². The number of alkyl halides is 3. The SMILES string of the molecule is Nc1nn(CCCC(F)(F)F)c2ccccc12. The van der Waals surface area contributed by atoms with Gasteiger partial charge in [-0.2, -0.15) is 18.3 Å². The number of halogens is 3. The maximum absolute atomic E-state index is 12.0. The van der Waals surface area contributed by atoms with Gasteiger partial charge in [-0.3, -0.25) is 4.68 Å². The van der Waals surface area contributed by atoms with E-state index in [1.807, 2.05) is 12.1 Å². The molecule has 2 aromatic rings. The smallest absolute Gasteiger partial charge is 0.382 e. The zero-order valence-corrected chi connectivity index (χ0v) is 9.04. The van der Waals surface area contributed by atoms with Crippen LogP contribution in [0.15, 0.2) is 24.3 Å². The molecule has 1 aromatic heterocycles. The summed E-state index contributed by atoms with van der Waals surface area (Å²) < 4.78 is 37.6. The maximum Gasteiger partial charge on any atom is 0.389 e. The van der Waals surface area contributed by atoms with Crippen LogP contribution >= 0.6 is 0 Å². The Bertz CT molecular complexity index is 516.